The first-order valence-electron chi connectivity index (χ1n) is 13.1. The van der Waals surface area contributed by atoms with Crippen molar-refractivity contribution in [3.63, 3.8) is 0 Å². The maximum Gasteiger partial charge on any atom is 0.323 e. The number of ether oxygens (including phenoxy) is 2. The van der Waals surface area contributed by atoms with Gasteiger partial charge in [-0.05, 0) is 81.0 Å². The largest absolute Gasteiger partial charge is 0.458 e. The molecule has 0 radical (unpaired) electrons. The van der Waals surface area contributed by atoms with Crippen LogP contribution in [0.2, 0.25) is 5.02 Å². The highest BCUT2D eigenvalue weighted by Gasteiger charge is 2.27. The highest BCUT2D eigenvalue weighted by Crippen LogP contribution is 2.26. The van der Waals surface area contributed by atoms with Gasteiger partial charge < -0.3 is 20.9 Å². The second kappa shape index (κ2) is 12.8. The van der Waals surface area contributed by atoms with Crippen LogP contribution in [0.5, 0.6) is 0 Å². The average molecular weight is 551 g/mol. The third-order valence-electron chi connectivity index (χ3n) is 6.24. The van der Waals surface area contributed by atoms with E-state index in [1.54, 1.807) is 6.92 Å². The molecule has 4 N–H and O–H groups in total. The Morgan fingerprint density at radius 1 is 0.744 bits per heavy atom. The minimum atomic E-state index is -0.795. The zero-order chi connectivity index (χ0) is 28.8. The molecule has 0 saturated carbocycles. The molecule has 0 amide bonds. The molecule has 0 heterocycles. The quantitative estimate of drug-likeness (QED) is 0.299. The lowest BCUT2D eigenvalue weighted by atomic mass is 9.94. The van der Waals surface area contributed by atoms with Crippen molar-refractivity contribution in [3.8, 4) is 11.1 Å². The first-order chi connectivity index (χ1) is 18.2. The SMILES string of the molecule is CC(N)C(=O)OC(C)(C)Cc1cccc(-c2cccc(CC(N)C(=O)OC(C)(C)Cc3ccc(Cl)cc3)c2)c1. The van der Waals surface area contributed by atoms with Crippen LogP contribution in [0, 0.1) is 0 Å². The summed E-state index contributed by atoms with van der Waals surface area (Å²) in [6.45, 7) is 9.10. The van der Waals surface area contributed by atoms with Crippen LogP contribution < -0.4 is 11.5 Å². The molecule has 0 fully saturated rings. The Hall–Kier alpha value is -3.19. The zero-order valence-corrected chi connectivity index (χ0v) is 24.1. The number of benzene rings is 3. The van der Waals surface area contributed by atoms with E-state index in [0.29, 0.717) is 24.3 Å². The van der Waals surface area contributed by atoms with Crippen LogP contribution >= 0.6 is 11.6 Å². The van der Waals surface area contributed by atoms with E-state index in [4.69, 9.17) is 32.5 Å². The van der Waals surface area contributed by atoms with Crippen molar-refractivity contribution in [3.05, 3.63) is 94.5 Å². The Balaban J connectivity index is 1.65. The van der Waals surface area contributed by atoms with E-state index in [1.165, 1.54) is 0 Å². The van der Waals surface area contributed by atoms with Crippen molar-refractivity contribution < 1.29 is 19.1 Å². The fourth-order valence-corrected chi connectivity index (χ4v) is 4.57. The maximum absolute atomic E-state index is 12.8. The van der Waals surface area contributed by atoms with Gasteiger partial charge in [0.25, 0.3) is 0 Å². The summed E-state index contributed by atoms with van der Waals surface area (Å²) in [5.41, 5.74) is 15.5. The summed E-state index contributed by atoms with van der Waals surface area (Å²) in [5, 5.41) is 0.663. The molecule has 0 aliphatic carbocycles. The number of carbonyl (C=O) groups is 2. The number of hydrogen-bond acceptors (Lipinski definition) is 6. The van der Waals surface area contributed by atoms with Gasteiger partial charge in [0.15, 0.2) is 0 Å². The van der Waals surface area contributed by atoms with Crippen LogP contribution in [-0.2, 0) is 38.3 Å². The third-order valence-corrected chi connectivity index (χ3v) is 6.50. The maximum atomic E-state index is 12.8. The third kappa shape index (κ3) is 9.50. The van der Waals surface area contributed by atoms with Crippen LogP contribution in [0.15, 0.2) is 72.8 Å². The lowest BCUT2D eigenvalue weighted by Gasteiger charge is -2.27. The molecule has 0 aromatic heterocycles. The van der Waals surface area contributed by atoms with Gasteiger partial charge in [0.2, 0.25) is 0 Å². The van der Waals surface area contributed by atoms with E-state index in [0.717, 1.165) is 27.8 Å². The van der Waals surface area contributed by atoms with Gasteiger partial charge in [0.1, 0.15) is 23.3 Å². The van der Waals surface area contributed by atoms with Gasteiger partial charge in [0.05, 0.1) is 0 Å². The summed E-state index contributed by atoms with van der Waals surface area (Å²) >= 11 is 5.97. The Morgan fingerprint density at radius 3 is 1.79 bits per heavy atom. The fourth-order valence-electron chi connectivity index (χ4n) is 4.45. The molecule has 0 spiro atoms. The van der Waals surface area contributed by atoms with Gasteiger partial charge in [-0.3, -0.25) is 9.59 Å². The second-order valence-electron chi connectivity index (χ2n) is 11.3. The van der Waals surface area contributed by atoms with Gasteiger partial charge in [-0.2, -0.15) is 0 Å². The van der Waals surface area contributed by atoms with Crippen LogP contribution in [0.1, 0.15) is 51.3 Å². The normalized spacial score (nSPS) is 13.4. The predicted molar refractivity (Wildman–Crippen MR) is 156 cm³/mol. The highest BCUT2D eigenvalue weighted by atomic mass is 35.5. The minimum Gasteiger partial charge on any atom is -0.458 e. The van der Waals surface area contributed by atoms with Crippen LogP contribution in [0.4, 0.5) is 0 Å². The number of halogens is 1. The monoisotopic (exact) mass is 550 g/mol. The summed E-state index contributed by atoms with van der Waals surface area (Å²) in [6, 6.07) is 22.1. The molecule has 0 bridgehead atoms. The Bertz CT molecular complexity index is 1290. The van der Waals surface area contributed by atoms with Crippen molar-refractivity contribution in [1.29, 1.82) is 0 Å². The molecule has 3 aromatic carbocycles. The summed E-state index contributed by atoms with van der Waals surface area (Å²) in [4.78, 5) is 24.8. The molecule has 0 saturated heterocycles. The highest BCUT2D eigenvalue weighted by molar-refractivity contribution is 6.30. The number of rotatable bonds is 11. The number of hydrogen-bond donors (Lipinski definition) is 2. The zero-order valence-electron chi connectivity index (χ0n) is 23.4. The van der Waals surface area contributed by atoms with Crippen molar-refractivity contribution in [2.24, 2.45) is 11.5 Å². The van der Waals surface area contributed by atoms with Crippen LogP contribution in [-0.4, -0.2) is 35.2 Å². The van der Waals surface area contributed by atoms with Crippen molar-refractivity contribution in [1.82, 2.24) is 0 Å². The molecular formula is C32H39ClN2O4. The lowest BCUT2D eigenvalue weighted by Crippen LogP contribution is -2.41. The van der Waals surface area contributed by atoms with Crippen LogP contribution in [0.25, 0.3) is 11.1 Å². The van der Waals surface area contributed by atoms with Gasteiger partial charge in [-0.1, -0.05) is 72.3 Å². The van der Waals surface area contributed by atoms with Crippen molar-refractivity contribution >= 4 is 23.5 Å². The summed E-state index contributed by atoms with van der Waals surface area (Å²) in [6.07, 6.45) is 1.45. The fraction of sp³-hybridized carbons (Fsp3) is 0.375. The molecule has 3 rings (SSSR count). The number of nitrogens with two attached hydrogens (primary N) is 2. The van der Waals surface area contributed by atoms with Crippen molar-refractivity contribution in [2.75, 3.05) is 0 Å². The van der Waals surface area contributed by atoms with E-state index in [-0.39, 0.29) is 0 Å². The topological polar surface area (TPSA) is 105 Å². The van der Waals surface area contributed by atoms with E-state index in [1.807, 2.05) is 94.4 Å². The summed E-state index contributed by atoms with van der Waals surface area (Å²) in [7, 11) is 0. The Labute approximate surface area is 236 Å². The van der Waals surface area contributed by atoms with Gasteiger partial charge in [0, 0.05) is 17.9 Å². The summed E-state index contributed by atoms with van der Waals surface area (Å²) < 4.78 is 11.4. The molecule has 2 unspecified atom stereocenters. The first-order valence-corrected chi connectivity index (χ1v) is 13.5. The molecule has 2 atom stereocenters. The average Bonchev–Trinajstić information content (AvgIpc) is 2.84. The standard InChI is InChI=1S/C32H39ClN2O4/c1-21(34)29(36)38-32(4,5)20-24-9-7-11-26(17-24)25-10-6-8-23(16-25)18-28(35)30(37)39-31(2,3)19-22-12-14-27(33)15-13-22/h6-17,21,28H,18-20,34-35H2,1-5H3. The molecule has 39 heavy (non-hydrogen) atoms. The molecular weight excluding hydrogens is 512 g/mol. The van der Waals surface area contributed by atoms with Gasteiger partial charge >= 0.3 is 11.9 Å². The molecule has 208 valence electrons. The molecule has 6 nitrogen and oxygen atoms in total. The second-order valence-corrected chi connectivity index (χ2v) is 11.8. The van der Waals surface area contributed by atoms with E-state index >= 15 is 0 Å². The van der Waals surface area contributed by atoms with E-state index < -0.39 is 35.2 Å². The molecule has 7 heteroatoms. The molecule has 0 aliphatic heterocycles. The van der Waals surface area contributed by atoms with Gasteiger partial charge in [-0.15, -0.1) is 0 Å². The predicted octanol–water partition coefficient (Wildman–Crippen LogP) is 5.65. The van der Waals surface area contributed by atoms with E-state index in [2.05, 4.69) is 6.07 Å². The Kier molecular flexibility index (Phi) is 9.94. The first kappa shape index (κ1) is 30.4. The smallest absolute Gasteiger partial charge is 0.323 e. The molecule has 3 aromatic rings. The van der Waals surface area contributed by atoms with E-state index in [9.17, 15) is 9.59 Å². The summed E-state index contributed by atoms with van der Waals surface area (Å²) in [5.74, 6) is -0.864. The number of esters is 2. The van der Waals surface area contributed by atoms with Crippen molar-refractivity contribution in [2.45, 2.75) is 77.2 Å². The van der Waals surface area contributed by atoms with Crippen LogP contribution in [0.3, 0.4) is 0 Å². The molecule has 0 aliphatic rings. The van der Waals surface area contributed by atoms with Gasteiger partial charge in [-0.25, -0.2) is 0 Å². The minimum absolute atomic E-state index is 0.351. The number of carbonyl (C=O) groups excluding carboxylic acids is 2. The Morgan fingerprint density at radius 2 is 1.23 bits per heavy atom. The lowest BCUT2D eigenvalue weighted by molar-refractivity contribution is -0.158.